The van der Waals surface area contributed by atoms with Gasteiger partial charge in [-0.1, -0.05) is 5.16 Å². The van der Waals surface area contributed by atoms with Gasteiger partial charge < -0.3 is 14.0 Å². The van der Waals surface area contributed by atoms with Gasteiger partial charge in [-0.3, -0.25) is 4.90 Å². The smallest absolute Gasteiger partial charge is 0.338 e. The van der Waals surface area contributed by atoms with E-state index in [0.717, 1.165) is 30.8 Å². The topological polar surface area (TPSA) is 79.7 Å². The number of aromatic nitrogens is 1. The van der Waals surface area contributed by atoms with Crippen molar-refractivity contribution in [3.8, 4) is 0 Å². The number of furan rings is 1. The van der Waals surface area contributed by atoms with Crippen molar-refractivity contribution in [1.82, 2.24) is 10.1 Å². The van der Waals surface area contributed by atoms with E-state index in [1.54, 1.807) is 6.07 Å². The predicted octanol–water partition coefficient (Wildman–Crippen LogP) is 2.61. The summed E-state index contributed by atoms with van der Waals surface area (Å²) in [5.74, 6) is 0.555. The third kappa shape index (κ3) is 2.46. The van der Waals surface area contributed by atoms with Crippen LogP contribution in [0.2, 0.25) is 0 Å². The molecule has 0 radical (unpaired) electrons. The summed E-state index contributed by atoms with van der Waals surface area (Å²) in [5, 5.41) is 12.8. The lowest BCUT2D eigenvalue weighted by Crippen LogP contribution is -2.22. The number of carbonyl (C=O) groups is 1. The van der Waals surface area contributed by atoms with E-state index < -0.39 is 5.97 Å². The molecular formula is C14H16N2O4. The Balaban J connectivity index is 1.73. The van der Waals surface area contributed by atoms with Crippen LogP contribution in [0.5, 0.6) is 0 Å². The second-order valence-corrected chi connectivity index (χ2v) is 5.11. The summed E-state index contributed by atoms with van der Waals surface area (Å²) in [4.78, 5) is 13.1. The lowest BCUT2D eigenvalue weighted by Gasteiger charge is -2.20. The molecular weight excluding hydrogens is 260 g/mol. The van der Waals surface area contributed by atoms with E-state index in [1.165, 1.54) is 6.26 Å². The minimum atomic E-state index is -0.969. The Labute approximate surface area is 116 Å². The standard InChI is InChI=1S/C14H16N2O4/c1-9-5-13(20-15-9)12-3-2-4-16(12)7-11-6-10(8-19-11)14(17)18/h5-6,8,12H,2-4,7H2,1H3,(H,17,18). The second kappa shape index (κ2) is 5.13. The molecule has 1 unspecified atom stereocenters. The number of rotatable bonds is 4. The Bertz CT molecular complexity index is 616. The number of aryl methyl sites for hydroxylation is 1. The summed E-state index contributed by atoms with van der Waals surface area (Å²) >= 11 is 0. The molecule has 0 spiro atoms. The fraction of sp³-hybridized carbons (Fsp3) is 0.429. The Morgan fingerprint density at radius 2 is 2.40 bits per heavy atom. The highest BCUT2D eigenvalue weighted by Crippen LogP contribution is 2.33. The van der Waals surface area contributed by atoms with Crippen LogP contribution < -0.4 is 0 Å². The second-order valence-electron chi connectivity index (χ2n) is 5.11. The third-order valence-corrected chi connectivity index (χ3v) is 3.60. The molecule has 1 N–H and O–H groups in total. The maximum Gasteiger partial charge on any atom is 0.338 e. The quantitative estimate of drug-likeness (QED) is 0.924. The molecule has 3 heterocycles. The highest BCUT2D eigenvalue weighted by Gasteiger charge is 2.29. The SMILES string of the molecule is Cc1cc(C2CCCN2Cc2cc(C(=O)O)co2)on1. The molecule has 20 heavy (non-hydrogen) atoms. The van der Waals surface area contributed by atoms with Gasteiger partial charge in [0.1, 0.15) is 12.0 Å². The number of aromatic carboxylic acids is 1. The first-order valence-electron chi connectivity index (χ1n) is 6.61. The van der Waals surface area contributed by atoms with Crippen molar-refractivity contribution in [2.75, 3.05) is 6.54 Å². The monoisotopic (exact) mass is 276 g/mol. The van der Waals surface area contributed by atoms with E-state index in [4.69, 9.17) is 14.0 Å². The highest BCUT2D eigenvalue weighted by atomic mass is 16.5. The maximum absolute atomic E-state index is 10.8. The maximum atomic E-state index is 10.8. The van der Waals surface area contributed by atoms with Crippen molar-refractivity contribution in [2.45, 2.75) is 32.4 Å². The van der Waals surface area contributed by atoms with Gasteiger partial charge in [-0.15, -0.1) is 0 Å². The number of hydrogen-bond acceptors (Lipinski definition) is 5. The summed E-state index contributed by atoms with van der Waals surface area (Å²) in [6.07, 6.45) is 3.37. The van der Waals surface area contributed by atoms with Crippen LogP contribution in [0, 0.1) is 6.92 Å². The molecule has 106 valence electrons. The molecule has 0 amide bonds. The predicted molar refractivity (Wildman–Crippen MR) is 69.3 cm³/mol. The van der Waals surface area contributed by atoms with Crippen LogP contribution in [0.1, 0.15) is 46.5 Å². The molecule has 2 aromatic rings. The minimum Gasteiger partial charge on any atom is -0.478 e. The van der Waals surface area contributed by atoms with Crippen LogP contribution in [0.15, 0.2) is 27.3 Å². The van der Waals surface area contributed by atoms with Crippen LogP contribution >= 0.6 is 0 Å². The molecule has 1 saturated heterocycles. The fourth-order valence-corrected chi connectivity index (χ4v) is 2.65. The number of likely N-dealkylation sites (tertiary alicyclic amines) is 1. The molecule has 2 aromatic heterocycles. The van der Waals surface area contributed by atoms with Crippen molar-refractivity contribution < 1.29 is 18.8 Å². The van der Waals surface area contributed by atoms with Gasteiger partial charge in [-0.2, -0.15) is 0 Å². The summed E-state index contributed by atoms with van der Waals surface area (Å²) in [7, 11) is 0. The normalized spacial score (nSPS) is 19.6. The van der Waals surface area contributed by atoms with Crippen LogP contribution in [0.3, 0.4) is 0 Å². The molecule has 0 aliphatic carbocycles. The van der Waals surface area contributed by atoms with Crippen LogP contribution in [-0.4, -0.2) is 27.7 Å². The zero-order chi connectivity index (χ0) is 14.1. The van der Waals surface area contributed by atoms with E-state index in [-0.39, 0.29) is 11.6 Å². The van der Waals surface area contributed by atoms with Crippen LogP contribution in [0.25, 0.3) is 0 Å². The average molecular weight is 276 g/mol. The van der Waals surface area contributed by atoms with Gasteiger partial charge in [0.2, 0.25) is 0 Å². The lowest BCUT2D eigenvalue weighted by molar-refractivity contribution is 0.0696. The Kier molecular flexibility index (Phi) is 3.31. The van der Waals surface area contributed by atoms with E-state index >= 15 is 0 Å². The largest absolute Gasteiger partial charge is 0.478 e. The van der Waals surface area contributed by atoms with Crippen molar-refractivity contribution in [3.63, 3.8) is 0 Å². The molecule has 1 atom stereocenters. The van der Waals surface area contributed by atoms with Crippen LogP contribution in [0.4, 0.5) is 0 Å². The minimum absolute atomic E-state index is 0.186. The van der Waals surface area contributed by atoms with Gasteiger partial charge in [-0.25, -0.2) is 4.79 Å². The summed E-state index contributed by atoms with van der Waals surface area (Å²) in [6.45, 7) is 3.42. The molecule has 0 bridgehead atoms. The first-order valence-corrected chi connectivity index (χ1v) is 6.61. The first kappa shape index (κ1) is 12.9. The summed E-state index contributed by atoms with van der Waals surface area (Å²) in [6, 6.07) is 3.71. The van der Waals surface area contributed by atoms with Crippen molar-refractivity contribution >= 4 is 5.97 Å². The van der Waals surface area contributed by atoms with Crippen molar-refractivity contribution in [2.24, 2.45) is 0 Å². The summed E-state index contributed by atoms with van der Waals surface area (Å²) in [5.41, 5.74) is 1.06. The van der Waals surface area contributed by atoms with Crippen molar-refractivity contribution in [1.29, 1.82) is 0 Å². The molecule has 6 nitrogen and oxygen atoms in total. The van der Waals surface area contributed by atoms with Gasteiger partial charge in [0.25, 0.3) is 0 Å². The van der Waals surface area contributed by atoms with E-state index in [2.05, 4.69) is 10.1 Å². The zero-order valence-corrected chi connectivity index (χ0v) is 11.2. The Morgan fingerprint density at radius 1 is 1.55 bits per heavy atom. The van der Waals surface area contributed by atoms with E-state index in [0.29, 0.717) is 12.3 Å². The molecule has 6 heteroatoms. The molecule has 1 aliphatic rings. The average Bonchev–Trinajstić information content (AvgIpc) is 3.09. The van der Waals surface area contributed by atoms with Gasteiger partial charge >= 0.3 is 5.97 Å². The number of nitrogens with zero attached hydrogens (tertiary/aromatic N) is 2. The number of carboxylic acids is 1. The van der Waals surface area contributed by atoms with E-state index in [9.17, 15) is 4.79 Å². The lowest BCUT2D eigenvalue weighted by atomic mass is 10.1. The molecule has 1 aliphatic heterocycles. The Hall–Kier alpha value is -2.08. The molecule has 0 aromatic carbocycles. The van der Waals surface area contributed by atoms with Crippen LogP contribution in [-0.2, 0) is 6.54 Å². The fourth-order valence-electron chi connectivity index (χ4n) is 2.65. The molecule has 0 saturated carbocycles. The van der Waals surface area contributed by atoms with Gasteiger partial charge in [0.15, 0.2) is 5.76 Å². The number of hydrogen-bond donors (Lipinski definition) is 1. The van der Waals surface area contributed by atoms with Gasteiger partial charge in [0.05, 0.1) is 23.8 Å². The first-order chi connectivity index (χ1) is 9.63. The highest BCUT2D eigenvalue weighted by molar-refractivity contribution is 5.87. The van der Waals surface area contributed by atoms with Gasteiger partial charge in [0, 0.05) is 6.07 Å². The zero-order valence-electron chi connectivity index (χ0n) is 11.2. The van der Waals surface area contributed by atoms with Gasteiger partial charge in [-0.05, 0) is 32.4 Å². The third-order valence-electron chi connectivity index (χ3n) is 3.60. The Morgan fingerprint density at radius 3 is 3.05 bits per heavy atom. The summed E-state index contributed by atoms with van der Waals surface area (Å²) < 4.78 is 10.7. The van der Waals surface area contributed by atoms with Crippen molar-refractivity contribution in [3.05, 3.63) is 41.2 Å². The van der Waals surface area contributed by atoms with E-state index in [1.807, 2.05) is 13.0 Å². The molecule has 1 fully saturated rings. The molecule has 3 rings (SSSR count). The number of carboxylic acid groups (broad SMARTS) is 1.